The summed E-state index contributed by atoms with van der Waals surface area (Å²) >= 11 is 1.90. The van der Waals surface area contributed by atoms with Gasteiger partial charge >= 0.3 is 0 Å². The van der Waals surface area contributed by atoms with E-state index in [4.69, 9.17) is 0 Å². The lowest BCUT2D eigenvalue weighted by Crippen LogP contribution is -2.06. The summed E-state index contributed by atoms with van der Waals surface area (Å²) in [4.78, 5) is 10.1. The normalized spacial score (nSPS) is 15.8. The van der Waals surface area contributed by atoms with E-state index < -0.39 is 0 Å². The number of hydrogen-bond acceptors (Lipinski definition) is 3. The topological polar surface area (TPSA) is 25.8 Å². The molecule has 64 valence electrons. The maximum absolute atomic E-state index is 4.44. The van der Waals surface area contributed by atoms with Gasteiger partial charge in [-0.3, -0.25) is 0 Å². The van der Waals surface area contributed by atoms with Crippen LogP contribution in [-0.4, -0.2) is 15.7 Å². The van der Waals surface area contributed by atoms with E-state index in [9.17, 15) is 0 Å². The molecule has 2 heterocycles. The van der Waals surface area contributed by atoms with Crippen LogP contribution in [0.2, 0.25) is 0 Å². The Hall–Kier alpha value is -0.570. The number of nitrogens with zero attached hydrogens (tertiary/aromatic N) is 2. The van der Waals surface area contributed by atoms with Gasteiger partial charge in [0, 0.05) is 0 Å². The molecule has 0 unspecified atom stereocenters. The zero-order valence-corrected chi connectivity index (χ0v) is 8.24. The lowest BCUT2D eigenvalue weighted by molar-refractivity contribution is 0.796. The predicted octanol–water partition coefficient (Wildman–Crippen LogP) is 2.13. The maximum atomic E-state index is 4.44. The van der Waals surface area contributed by atoms with Gasteiger partial charge in [0.15, 0.2) is 0 Å². The van der Waals surface area contributed by atoms with Gasteiger partial charge in [-0.1, -0.05) is 0 Å². The highest BCUT2D eigenvalue weighted by atomic mass is 32.2. The fourth-order valence-electron chi connectivity index (χ4n) is 1.54. The van der Waals surface area contributed by atoms with E-state index in [-0.39, 0.29) is 0 Å². The monoisotopic (exact) mass is 180 g/mol. The lowest BCUT2D eigenvalue weighted by Gasteiger charge is -2.15. The number of thioether (sulfide) groups is 1. The van der Waals surface area contributed by atoms with E-state index in [1.54, 1.807) is 0 Å². The van der Waals surface area contributed by atoms with Gasteiger partial charge in [0.25, 0.3) is 0 Å². The minimum absolute atomic E-state index is 0.911. The Bertz CT molecular complexity index is 310. The van der Waals surface area contributed by atoms with Crippen LogP contribution in [0.4, 0.5) is 0 Å². The molecule has 0 amide bonds. The molecule has 0 radical (unpaired) electrons. The number of aryl methyl sites for hydroxylation is 3. The third-order valence-electron chi connectivity index (χ3n) is 2.02. The van der Waals surface area contributed by atoms with Crippen molar-refractivity contribution in [3.8, 4) is 0 Å². The van der Waals surface area contributed by atoms with Gasteiger partial charge < -0.3 is 0 Å². The molecule has 1 aromatic rings. The molecule has 2 rings (SSSR count). The van der Waals surface area contributed by atoms with Crippen LogP contribution in [-0.2, 0) is 6.42 Å². The van der Waals surface area contributed by atoms with Crippen molar-refractivity contribution in [2.24, 2.45) is 0 Å². The first-order chi connectivity index (χ1) is 5.77. The second kappa shape index (κ2) is 3.05. The molecule has 2 nitrogen and oxygen atoms in total. The summed E-state index contributed by atoms with van der Waals surface area (Å²) < 4.78 is 0. The van der Waals surface area contributed by atoms with Crippen LogP contribution in [0.1, 0.15) is 23.6 Å². The first-order valence-electron chi connectivity index (χ1n) is 4.24. The minimum Gasteiger partial charge on any atom is -0.237 e. The first-order valence-corrected chi connectivity index (χ1v) is 5.23. The summed E-state index contributed by atoms with van der Waals surface area (Å²) in [7, 11) is 0. The first kappa shape index (κ1) is 8.05. The molecule has 0 spiro atoms. The Balaban J connectivity index is 2.53. The van der Waals surface area contributed by atoms with Crippen LogP contribution in [0.25, 0.3) is 0 Å². The molecule has 3 heteroatoms. The second-order valence-electron chi connectivity index (χ2n) is 3.08. The van der Waals surface area contributed by atoms with E-state index >= 15 is 0 Å². The molecule has 0 aromatic carbocycles. The highest BCUT2D eigenvalue weighted by Crippen LogP contribution is 2.30. The van der Waals surface area contributed by atoms with Gasteiger partial charge in [0.1, 0.15) is 5.82 Å². The molecule has 0 atom stereocenters. The zero-order chi connectivity index (χ0) is 8.55. The third-order valence-corrected chi connectivity index (χ3v) is 3.33. The maximum Gasteiger partial charge on any atom is 0.125 e. The Kier molecular flexibility index (Phi) is 2.05. The molecule has 0 fully saturated rings. The van der Waals surface area contributed by atoms with Crippen LogP contribution < -0.4 is 0 Å². The third kappa shape index (κ3) is 1.33. The van der Waals surface area contributed by atoms with Crippen molar-refractivity contribution in [1.82, 2.24) is 9.97 Å². The molecule has 1 aliphatic heterocycles. The second-order valence-corrected chi connectivity index (χ2v) is 4.19. The van der Waals surface area contributed by atoms with Crippen molar-refractivity contribution in [2.75, 3.05) is 5.75 Å². The fraction of sp³-hybridized carbons (Fsp3) is 0.556. The number of aromatic nitrogens is 2. The van der Waals surface area contributed by atoms with Crippen molar-refractivity contribution in [2.45, 2.75) is 31.6 Å². The van der Waals surface area contributed by atoms with Crippen LogP contribution in [0, 0.1) is 13.8 Å². The van der Waals surface area contributed by atoms with Gasteiger partial charge in [-0.25, -0.2) is 9.97 Å². The van der Waals surface area contributed by atoms with E-state index in [2.05, 4.69) is 16.9 Å². The van der Waals surface area contributed by atoms with Gasteiger partial charge in [-0.2, -0.15) is 0 Å². The molecular weight excluding hydrogens is 168 g/mol. The standard InChI is InChI=1S/C9H12N2S/c1-6-9-8(4-3-5-12-9)11-7(2)10-6/h3-5H2,1-2H3. The van der Waals surface area contributed by atoms with E-state index in [1.807, 2.05) is 18.7 Å². The van der Waals surface area contributed by atoms with Gasteiger partial charge in [0.05, 0.1) is 16.3 Å². The van der Waals surface area contributed by atoms with Crippen LogP contribution in [0.15, 0.2) is 4.90 Å². The van der Waals surface area contributed by atoms with Crippen molar-refractivity contribution < 1.29 is 0 Å². The highest BCUT2D eigenvalue weighted by Gasteiger charge is 2.14. The highest BCUT2D eigenvalue weighted by molar-refractivity contribution is 7.99. The zero-order valence-electron chi connectivity index (χ0n) is 7.42. The van der Waals surface area contributed by atoms with Gasteiger partial charge in [-0.15, -0.1) is 11.8 Å². The summed E-state index contributed by atoms with van der Waals surface area (Å²) in [5.74, 6) is 2.13. The smallest absolute Gasteiger partial charge is 0.125 e. The average Bonchev–Trinajstić information content (AvgIpc) is 2.04. The fourth-order valence-corrected chi connectivity index (χ4v) is 2.61. The largest absolute Gasteiger partial charge is 0.237 e. The molecule has 0 aliphatic carbocycles. The van der Waals surface area contributed by atoms with Gasteiger partial charge in [-0.05, 0) is 32.4 Å². The molecule has 0 saturated heterocycles. The summed E-state index contributed by atoms with van der Waals surface area (Å²) in [6.45, 7) is 4.04. The Morgan fingerprint density at radius 1 is 1.25 bits per heavy atom. The minimum atomic E-state index is 0.911. The number of hydrogen-bond donors (Lipinski definition) is 0. The lowest BCUT2D eigenvalue weighted by atomic mass is 10.2. The quantitative estimate of drug-likeness (QED) is 0.611. The summed E-state index contributed by atoms with van der Waals surface area (Å²) in [5.41, 5.74) is 2.42. The predicted molar refractivity (Wildman–Crippen MR) is 50.6 cm³/mol. The van der Waals surface area contributed by atoms with Crippen molar-refractivity contribution in [3.05, 3.63) is 17.2 Å². The average molecular weight is 180 g/mol. The number of fused-ring (bicyclic) bond motifs is 1. The Morgan fingerprint density at radius 2 is 2.08 bits per heavy atom. The van der Waals surface area contributed by atoms with Crippen LogP contribution in [0.3, 0.4) is 0 Å². The number of rotatable bonds is 0. The SMILES string of the molecule is Cc1nc(C)c2c(n1)CCCS2. The molecule has 1 aromatic heterocycles. The van der Waals surface area contributed by atoms with Crippen molar-refractivity contribution in [1.29, 1.82) is 0 Å². The molecule has 12 heavy (non-hydrogen) atoms. The summed E-state index contributed by atoms with van der Waals surface area (Å²) in [6, 6.07) is 0. The molecule has 0 saturated carbocycles. The van der Waals surface area contributed by atoms with Crippen molar-refractivity contribution in [3.63, 3.8) is 0 Å². The Morgan fingerprint density at radius 3 is 2.92 bits per heavy atom. The summed E-state index contributed by atoms with van der Waals surface area (Å²) in [6.07, 6.45) is 2.39. The van der Waals surface area contributed by atoms with E-state index in [0.717, 1.165) is 17.9 Å². The van der Waals surface area contributed by atoms with Crippen molar-refractivity contribution >= 4 is 11.8 Å². The van der Waals surface area contributed by atoms with Gasteiger partial charge in [0.2, 0.25) is 0 Å². The van der Waals surface area contributed by atoms with E-state index in [1.165, 1.54) is 22.8 Å². The molecule has 0 bridgehead atoms. The van der Waals surface area contributed by atoms with Crippen LogP contribution in [0.5, 0.6) is 0 Å². The van der Waals surface area contributed by atoms with Crippen LogP contribution >= 0.6 is 11.8 Å². The molecule has 1 aliphatic rings. The molecule has 0 N–H and O–H groups in total. The Labute approximate surface area is 76.8 Å². The molecular formula is C9H12N2S. The van der Waals surface area contributed by atoms with E-state index in [0.29, 0.717) is 0 Å². The summed E-state index contributed by atoms with van der Waals surface area (Å²) in [5, 5.41) is 0.